The van der Waals surface area contributed by atoms with Crippen molar-refractivity contribution in [2.75, 3.05) is 13.1 Å². The average molecular weight is 237 g/mol. The summed E-state index contributed by atoms with van der Waals surface area (Å²) in [6.07, 6.45) is 1.60. The molecule has 5 nitrogen and oxygen atoms in total. The molecule has 1 aromatic heterocycles. The molecule has 1 rings (SSSR count). The summed E-state index contributed by atoms with van der Waals surface area (Å²) in [5.41, 5.74) is 0.119. The van der Waals surface area contributed by atoms with Crippen LogP contribution in [0.2, 0.25) is 0 Å². The first kappa shape index (κ1) is 13.2. The van der Waals surface area contributed by atoms with Gasteiger partial charge in [-0.3, -0.25) is 4.79 Å². The number of carbonyl (C=O) groups excluding carboxylic acids is 1. The zero-order chi connectivity index (χ0) is 12.8. The van der Waals surface area contributed by atoms with Gasteiger partial charge in [-0.05, 0) is 19.9 Å². The Morgan fingerprint density at radius 3 is 2.47 bits per heavy atom. The quantitative estimate of drug-likeness (QED) is 0.760. The molecule has 0 spiro atoms. The van der Waals surface area contributed by atoms with Crippen molar-refractivity contribution in [2.45, 2.75) is 20.4 Å². The van der Waals surface area contributed by atoms with E-state index in [1.54, 1.807) is 23.2 Å². The maximum absolute atomic E-state index is 11.9. The molecule has 0 saturated carbocycles. The maximum Gasteiger partial charge on any atom is 0.401 e. The van der Waals surface area contributed by atoms with Crippen LogP contribution in [-0.2, 0) is 11.3 Å². The lowest BCUT2D eigenvalue weighted by atomic mass is 10.3. The van der Waals surface area contributed by atoms with E-state index in [2.05, 4.69) is 0 Å². The molecule has 0 aromatic carbocycles. The van der Waals surface area contributed by atoms with Gasteiger partial charge in [0.05, 0.1) is 0 Å². The van der Waals surface area contributed by atoms with Gasteiger partial charge < -0.3 is 10.0 Å². The number of hydrogen-bond acceptors (Lipinski definition) is 2. The van der Waals surface area contributed by atoms with Crippen LogP contribution < -0.4 is 4.57 Å². The summed E-state index contributed by atoms with van der Waals surface area (Å²) in [7, 11) is 0. The van der Waals surface area contributed by atoms with Crippen LogP contribution in [0.4, 0.5) is 0 Å². The minimum absolute atomic E-state index is 0.0597. The van der Waals surface area contributed by atoms with Crippen molar-refractivity contribution in [3.8, 4) is 0 Å². The van der Waals surface area contributed by atoms with Crippen molar-refractivity contribution >= 4 is 11.9 Å². The van der Waals surface area contributed by atoms with Crippen LogP contribution >= 0.6 is 0 Å². The fourth-order valence-corrected chi connectivity index (χ4v) is 1.63. The zero-order valence-electron chi connectivity index (χ0n) is 10.1. The standard InChI is InChI=1S/C12H16N2O3/c1-3-13(4-2)11(15)9-14-8-6-5-7-10(14)12(16)17/h5-8H,3-4,9H2,1-2H3/p+1. The molecule has 0 aliphatic heterocycles. The molecule has 0 aliphatic carbocycles. The molecule has 0 aliphatic rings. The second-order valence-corrected chi connectivity index (χ2v) is 3.58. The molecule has 0 radical (unpaired) electrons. The topological polar surface area (TPSA) is 61.5 Å². The highest BCUT2D eigenvalue weighted by atomic mass is 16.4. The van der Waals surface area contributed by atoms with Crippen LogP contribution in [0.25, 0.3) is 0 Å². The number of aromatic carboxylic acids is 1. The number of rotatable bonds is 5. The largest absolute Gasteiger partial charge is 0.473 e. The van der Waals surface area contributed by atoms with Crippen molar-refractivity contribution in [2.24, 2.45) is 0 Å². The molecule has 17 heavy (non-hydrogen) atoms. The third kappa shape index (κ3) is 3.27. The van der Waals surface area contributed by atoms with Crippen molar-refractivity contribution in [1.29, 1.82) is 0 Å². The summed E-state index contributed by atoms with van der Waals surface area (Å²) in [6, 6.07) is 4.83. The average Bonchev–Trinajstić information content (AvgIpc) is 2.31. The van der Waals surface area contributed by atoms with Gasteiger partial charge in [0.1, 0.15) is 0 Å². The predicted molar refractivity (Wildman–Crippen MR) is 61.5 cm³/mol. The number of aromatic nitrogens is 1. The Kier molecular flexibility index (Phi) is 4.63. The Morgan fingerprint density at radius 2 is 1.94 bits per heavy atom. The molecule has 1 heterocycles. The van der Waals surface area contributed by atoms with Crippen LogP contribution in [0.1, 0.15) is 24.3 Å². The summed E-state index contributed by atoms with van der Waals surface area (Å²) in [5.74, 6) is -1.10. The minimum Gasteiger partial charge on any atom is -0.473 e. The van der Waals surface area contributed by atoms with Gasteiger partial charge in [-0.25, -0.2) is 4.79 Å². The fraction of sp³-hybridized carbons (Fsp3) is 0.417. The van der Waals surface area contributed by atoms with Crippen molar-refractivity contribution in [3.05, 3.63) is 30.1 Å². The SMILES string of the molecule is CCN(CC)C(=O)C[n+]1ccccc1C(=O)O. The Hall–Kier alpha value is -1.91. The lowest BCUT2D eigenvalue weighted by Crippen LogP contribution is -2.48. The minimum atomic E-state index is -1.03. The molecular weight excluding hydrogens is 220 g/mol. The number of nitrogens with zero attached hydrogens (tertiary/aromatic N) is 2. The van der Waals surface area contributed by atoms with E-state index in [4.69, 9.17) is 5.11 Å². The fourth-order valence-electron chi connectivity index (χ4n) is 1.63. The molecule has 1 aromatic rings. The van der Waals surface area contributed by atoms with Crippen LogP contribution in [0.5, 0.6) is 0 Å². The Labute approximate surface area is 100 Å². The Morgan fingerprint density at radius 1 is 1.29 bits per heavy atom. The molecule has 92 valence electrons. The third-order valence-corrected chi connectivity index (χ3v) is 2.58. The van der Waals surface area contributed by atoms with E-state index >= 15 is 0 Å². The second kappa shape index (κ2) is 5.98. The summed E-state index contributed by atoms with van der Waals surface area (Å²) in [5, 5.41) is 8.99. The number of carboxylic acid groups (broad SMARTS) is 1. The Balaban J connectivity index is 2.88. The summed E-state index contributed by atoms with van der Waals surface area (Å²) in [6.45, 7) is 5.12. The highest BCUT2D eigenvalue weighted by molar-refractivity contribution is 5.83. The van der Waals surface area contributed by atoms with Gasteiger partial charge in [0, 0.05) is 25.2 Å². The van der Waals surface area contributed by atoms with E-state index < -0.39 is 5.97 Å². The highest BCUT2D eigenvalue weighted by Crippen LogP contribution is 1.94. The van der Waals surface area contributed by atoms with Gasteiger partial charge in [-0.1, -0.05) is 0 Å². The number of carbonyl (C=O) groups is 2. The molecule has 0 atom stereocenters. The van der Waals surface area contributed by atoms with E-state index in [0.717, 1.165) is 0 Å². The van der Waals surface area contributed by atoms with E-state index in [-0.39, 0.29) is 18.1 Å². The predicted octanol–water partition coefficient (Wildman–Crippen LogP) is 0.541. The zero-order valence-corrected chi connectivity index (χ0v) is 10.1. The van der Waals surface area contributed by atoms with Crippen LogP contribution in [0.3, 0.4) is 0 Å². The lowest BCUT2D eigenvalue weighted by Gasteiger charge is -2.16. The van der Waals surface area contributed by atoms with Gasteiger partial charge in [-0.2, -0.15) is 4.57 Å². The maximum atomic E-state index is 11.9. The lowest BCUT2D eigenvalue weighted by molar-refractivity contribution is -0.687. The summed E-state index contributed by atoms with van der Waals surface area (Å²) >= 11 is 0. The van der Waals surface area contributed by atoms with Crippen molar-refractivity contribution < 1.29 is 19.3 Å². The summed E-state index contributed by atoms with van der Waals surface area (Å²) < 4.78 is 1.45. The molecule has 1 amide bonds. The number of likely N-dealkylation sites (N-methyl/N-ethyl adjacent to an activating group) is 1. The molecule has 0 saturated heterocycles. The molecule has 1 N–H and O–H groups in total. The van der Waals surface area contributed by atoms with Gasteiger partial charge in [0.15, 0.2) is 6.20 Å². The van der Waals surface area contributed by atoms with Gasteiger partial charge in [-0.15, -0.1) is 0 Å². The normalized spacial score (nSPS) is 10.0. The second-order valence-electron chi connectivity index (χ2n) is 3.58. The molecular formula is C12H17N2O3+. The van der Waals surface area contributed by atoms with Gasteiger partial charge in [0.2, 0.25) is 6.54 Å². The number of pyridine rings is 1. The number of amides is 1. The molecule has 0 unspecified atom stereocenters. The van der Waals surface area contributed by atoms with E-state index in [0.29, 0.717) is 13.1 Å². The first-order chi connectivity index (χ1) is 8.10. The first-order valence-corrected chi connectivity index (χ1v) is 5.59. The van der Waals surface area contributed by atoms with E-state index in [1.165, 1.54) is 10.6 Å². The smallest absolute Gasteiger partial charge is 0.401 e. The van der Waals surface area contributed by atoms with Crippen molar-refractivity contribution in [3.63, 3.8) is 0 Å². The summed E-state index contributed by atoms with van der Waals surface area (Å²) in [4.78, 5) is 24.5. The monoisotopic (exact) mass is 237 g/mol. The Bertz CT molecular complexity index is 414. The van der Waals surface area contributed by atoms with Gasteiger partial charge in [0.25, 0.3) is 11.6 Å². The molecule has 5 heteroatoms. The van der Waals surface area contributed by atoms with Crippen LogP contribution in [0.15, 0.2) is 24.4 Å². The number of carboxylic acids is 1. The van der Waals surface area contributed by atoms with E-state index in [1.807, 2.05) is 13.8 Å². The van der Waals surface area contributed by atoms with Gasteiger partial charge >= 0.3 is 5.97 Å². The van der Waals surface area contributed by atoms with E-state index in [9.17, 15) is 9.59 Å². The molecule has 0 fully saturated rings. The van der Waals surface area contributed by atoms with Crippen molar-refractivity contribution in [1.82, 2.24) is 4.90 Å². The first-order valence-electron chi connectivity index (χ1n) is 5.59. The van der Waals surface area contributed by atoms with Crippen LogP contribution in [0, 0.1) is 0 Å². The number of hydrogen-bond donors (Lipinski definition) is 1. The highest BCUT2D eigenvalue weighted by Gasteiger charge is 2.21. The third-order valence-electron chi connectivity index (χ3n) is 2.58. The van der Waals surface area contributed by atoms with Crippen LogP contribution in [-0.4, -0.2) is 35.0 Å². The molecule has 0 bridgehead atoms.